The number of benzene rings is 3. The Balaban J connectivity index is 1.29. The lowest BCUT2D eigenvalue weighted by Crippen LogP contribution is -2.48. The summed E-state index contributed by atoms with van der Waals surface area (Å²) in [5, 5.41) is 9.80. The minimum atomic E-state index is -0.968. The van der Waals surface area contributed by atoms with Crippen LogP contribution in [0.15, 0.2) is 91.0 Å². The molecule has 3 aliphatic rings. The van der Waals surface area contributed by atoms with Gasteiger partial charge in [-0.05, 0) is 35.4 Å². The van der Waals surface area contributed by atoms with E-state index in [-0.39, 0.29) is 23.8 Å². The molecular weight excluding hydrogens is 514 g/mol. The summed E-state index contributed by atoms with van der Waals surface area (Å²) < 4.78 is 0. The highest BCUT2D eigenvalue weighted by atomic mass is 16.4. The van der Waals surface area contributed by atoms with Crippen molar-refractivity contribution in [3.05, 3.63) is 108 Å². The third-order valence-electron chi connectivity index (χ3n) is 9.33. The maximum Gasteiger partial charge on any atom is 0.326 e. The maximum absolute atomic E-state index is 14.1. The summed E-state index contributed by atoms with van der Waals surface area (Å²) in [6.45, 7) is 5.56. The molecule has 41 heavy (non-hydrogen) atoms. The highest BCUT2D eigenvalue weighted by Crippen LogP contribution is 2.49. The molecular formula is C34H37N3O4. The molecule has 0 radical (unpaired) electrons. The second-order valence-electron chi connectivity index (χ2n) is 12.0. The van der Waals surface area contributed by atoms with Crippen LogP contribution in [0.5, 0.6) is 0 Å². The first-order valence-electron chi connectivity index (χ1n) is 14.6. The van der Waals surface area contributed by atoms with E-state index in [2.05, 4.69) is 41.3 Å². The van der Waals surface area contributed by atoms with E-state index in [4.69, 9.17) is 0 Å². The molecule has 1 spiro atoms. The van der Waals surface area contributed by atoms with Crippen molar-refractivity contribution in [3.8, 4) is 0 Å². The van der Waals surface area contributed by atoms with Gasteiger partial charge in [-0.2, -0.15) is 0 Å². The molecule has 7 nitrogen and oxygen atoms in total. The normalized spacial score (nSPS) is 24.7. The van der Waals surface area contributed by atoms with Gasteiger partial charge in [-0.25, -0.2) is 4.79 Å². The second kappa shape index (κ2) is 10.5. The SMILES string of the molecule is CC(C)C(C(=O)O)N1CC[C@@]2(CCN(C(=O)C3C[N@@]3C(c3ccccc3)(c3ccccc3)c3ccccc3)C2)C1=O. The van der Waals surface area contributed by atoms with Gasteiger partial charge in [0.15, 0.2) is 0 Å². The van der Waals surface area contributed by atoms with Gasteiger partial charge >= 0.3 is 5.97 Å². The number of hydrogen-bond donors (Lipinski definition) is 1. The number of aliphatic carboxylic acids is 1. The Labute approximate surface area is 241 Å². The van der Waals surface area contributed by atoms with E-state index < -0.39 is 23.0 Å². The summed E-state index contributed by atoms with van der Waals surface area (Å²) in [6.07, 6.45) is 1.16. The molecule has 3 aliphatic heterocycles. The van der Waals surface area contributed by atoms with Gasteiger partial charge in [-0.15, -0.1) is 0 Å². The van der Waals surface area contributed by atoms with E-state index in [1.165, 1.54) is 4.90 Å². The zero-order chi connectivity index (χ0) is 28.8. The second-order valence-corrected chi connectivity index (χ2v) is 12.0. The standard InChI is InChI=1S/C34H37N3O4/c1-24(2)29(31(39)40)36-21-19-33(32(36)41)18-20-35(23-33)30(38)28-22-37(28)34(25-12-6-3-7-13-25,26-14-8-4-9-15-26)27-16-10-5-11-17-27/h3-17,24,28-29H,18-23H2,1-2H3,(H,39,40)/t28?,29?,33-,37-/m1/s1. The predicted octanol–water partition coefficient (Wildman–Crippen LogP) is 4.22. The molecule has 3 heterocycles. The van der Waals surface area contributed by atoms with Crippen LogP contribution in [0.25, 0.3) is 0 Å². The summed E-state index contributed by atoms with van der Waals surface area (Å²) in [5.74, 6) is -1.23. The number of carbonyl (C=O) groups is 3. The van der Waals surface area contributed by atoms with E-state index >= 15 is 0 Å². The Kier molecular flexibility index (Phi) is 6.94. The van der Waals surface area contributed by atoms with Gasteiger partial charge in [-0.1, -0.05) is 105 Å². The van der Waals surface area contributed by atoms with Crippen molar-refractivity contribution >= 4 is 17.8 Å². The number of amides is 2. The monoisotopic (exact) mass is 551 g/mol. The number of nitrogens with zero attached hydrogens (tertiary/aromatic N) is 3. The molecule has 3 aromatic carbocycles. The molecule has 3 aromatic rings. The van der Waals surface area contributed by atoms with Crippen molar-refractivity contribution in [3.63, 3.8) is 0 Å². The van der Waals surface area contributed by atoms with Crippen LogP contribution in [-0.2, 0) is 19.9 Å². The quantitative estimate of drug-likeness (QED) is 0.335. The summed E-state index contributed by atoms with van der Waals surface area (Å²) in [6, 6.07) is 29.9. The molecule has 212 valence electrons. The smallest absolute Gasteiger partial charge is 0.326 e. The fourth-order valence-electron chi connectivity index (χ4n) is 7.30. The molecule has 4 atom stereocenters. The molecule has 0 saturated carbocycles. The minimum Gasteiger partial charge on any atom is -0.480 e. The maximum atomic E-state index is 14.1. The first-order chi connectivity index (χ1) is 19.8. The molecule has 0 aromatic heterocycles. The number of hydrogen-bond acceptors (Lipinski definition) is 4. The van der Waals surface area contributed by atoms with Crippen LogP contribution in [-0.4, -0.2) is 75.9 Å². The van der Waals surface area contributed by atoms with Crippen LogP contribution in [0.3, 0.4) is 0 Å². The lowest BCUT2D eigenvalue weighted by Gasteiger charge is -2.38. The van der Waals surface area contributed by atoms with Crippen molar-refractivity contribution in [2.45, 2.75) is 44.3 Å². The van der Waals surface area contributed by atoms with Crippen LogP contribution in [0.2, 0.25) is 0 Å². The lowest BCUT2D eigenvalue weighted by atomic mass is 9.76. The summed E-state index contributed by atoms with van der Waals surface area (Å²) in [5.41, 5.74) is 1.96. The van der Waals surface area contributed by atoms with E-state index in [1.54, 1.807) is 0 Å². The van der Waals surface area contributed by atoms with E-state index in [0.29, 0.717) is 39.0 Å². The Morgan fingerprint density at radius 2 is 1.32 bits per heavy atom. The number of carboxylic acid groups (broad SMARTS) is 1. The largest absolute Gasteiger partial charge is 0.480 e. The Morgan fingerprint density at radius 1 is 0.829 bits per heavy atom. The first kappa shape index (κ1) is 27.2. The van der Waals surface area contributed by atoms with E-state index in [0.717, 1.165) is 16.7 Å². The zero-order valence-electron chi connectivity index (χ0n) is 23.6. The van der Waals surface area contributed by atoms with Gasteiger partial charge < -0.3 is 14.9 Å². The van der Waals surface area contributed by atoms with Gasteiger partial charge in [0.1, 0.15) is 12.1 Å². The minimum absolute atomic E-state index is 0.0407. The first-order valence-corrected chi connectivity index (χ1v) is 14.6. The highest BCUT2D eigenvalue weighted by Gasteiger charge is 2.59. The fourth-order valence-corrected chi connectivity index (χ4v) is 7.30. The summed E-state index contributed by atoms with van der Waals surface area (Å²) in [7, 11) is 0. The molecule has 2 unspecified atom stereocenters. The fraction of sp³-hybridized carbons (Fsp3) is 0.382. The number of carboxylic acids is 1. The summed E-state index contributed by atoms with van der Waals surface area (Å²) in [4.78, 5) is 45.4. The number of rotatable bonds is 8. The molecule has 1 N–H and O–H groups in total. The van der Waals surface area contributed by atoms with Crippen molar-refractivity contribution in [1.29, 1.82) is 0 Å². The van der Waals surface area contributed by atoms with E-state index in [1.807, 2.05) is 73.3 Å². The molecule has 0 bridgehead atoms. The van der Waals surface area contributed by atoms with Crippen molar-refractivity contribution in [2.24, 2.45) is 11.3 Å². The highest BCUT2D eigenvalue weighted by molar-refractivity contribution is 5.92. The van der Waals surface area contributed by atoms with Crippen LogP contribution in [0, 0.1) is 11.3 Å². The van der Waals surface area contributed by atoms with E-state index in [9.17, 15) is 19.5 Å². The van der Waals surface area contributed by atoms with Gasteiger partial charge in [0.25, 0.3) is 0 Å². The van der Waals surface area contributed by atoms with Gasteiger partial charge in [0, 0.05) is 26.2 Å². The average Bonchev–Trinajstić information content (AvgIpc) is 3.57. The number of carbonyl (C=O) groups excluding carboxylic acids is 2. The van der Waals surface area contributed by atoms with Gasteiger partial charge in [0.05, 0.1) is 11.0 Å². The third kappa shape index (κ3) is 4.43. The molecule has 0 aliphatic carbocycles. The van der Waals surface area contributed by atoms with Crippen LogP contribution < -0.4 is 0 Å². The zero-order valence-corrected chi connectivity index (χ0v) is 23.6. The molecule has 6 rings (SSSR count). The van der Waals surface area contributed by atoms with Crippen molar-refractivity contribution in [2.75, 3.05) is 26.2 Å². The molecule has 3 saturated heterocycles. The lowest BCUT2D eigenvalue weighted by molar-refractivity contribution is -0.152. The van der Waals surface area contributed by atoms with Crippen LogP contribution in [0.1, 0.15) is 43.4 Å². The third-order valence-corrected chi connectivity index (χ3v) is 9.33. The molecule has 2 amide bonds. The average molecular weight is 552 g/mol. The van der Waals surface area contributed by atoms with Gasteiger partial charge in [0.2, 0.25) is 11.8 Å². The summed E-state index contributed by atoms with van der Waals surface area (Å²) >= 11 is 0. The van der Waals surface area contributed by atoms with Crippen molar-refractivity contribution < 1.29 is 19.5 Å². The molecule has 3 fully saturated rings. The Bertz CT molecular complexity index is 1330. The topological polar surface area (TPSA) is 80.9 Å². The number of likely N-dealkylation sites (tertiary alicyclic amines) is 2. The molecule has 7 heteroatoms. The Hall–Kier alpha value is -3.97. The van der Waals surface area contributed by atoms with Crippen LogP contribution >= 0.6 is 0 Å². The van der Waals surface area contributed by atoms with Crippen LogP contribution in [0.4, 0.5) is 0 Å². The van der Waals surface area contributed by atoms with Gasteiger partial charge in [-0.3, -0.25) is 14.5 Å². The predicted molar refractivity (Wildman–Crippen MR) is 156 cm³/mol. The Morgan fingerprint density at radius 3 is 1.78 bits per heavy atom. The van der Waals surface area contributed by atoms with Crippen molar-refractivity contribution in [1.82, 2.24) is 14.7 Å².